The molecule has 2 aromatic carbocycles. The van der Waals surface area contributed by atoms with Crippen molar-refractivity contribution in [1.29, 1.82) is 0 Å². The topological polar surface area (TPSA) is 71.1 Å². The Hall–Kier alpha value is -2.75. The van der Waals surface area contributed by atoms with Crippen molar-refractivity contribution in [2.24, 2.45) is 0 Å². The third-order valence-corrected chi connectivity index (χ3v) is 6.95. The van der Waals surface area contributed by atoms with Gasteiger partial charge in [0.05, 0.1) is 49.3 Å². The van der Waals surface area contributed by atoms with Crippen LogP contribution in [0.3, 0.4) is 0 Å². The molecule has 0 radical (unpaired) electrons. The van der Waals surface area contributed by atoms with Crippen molar-refractivity contribution in [3.63, 3.8) is 0 Å². The standard InChI is InChI=1S/C21H18O6S3/c1-24-11-5-7-13(15(9-11)26-3)17(22)19-20(30-21(28)29-19)18(23)14-8-6-12(25-2)10-16(14)27-4/h5-10H,1-4H3. The summed E-state index contributed by atoms with van der Waals surface area (Å²) >= 11 is 7.49. The quantitative estimate of drug-likeness (QED) is 0.343. The molecule has 6 nitrogen and oxygen atoms in total. The summed E-state index contributed by atoms with van der Waals surface area (Å²) in [6.07, 6.45) is 0. The smallest absolute Gasteiger partial charge is 0.208 e. The molecule has 156 valence electrons. The van der Waals surface area contributed by atoms with E-state index in [0.717, 1.165) is 22.7 Å². The Morgan fingerprint density at radius 2 is 1.10 bits per heavy atom. The van der Waals surface area contributed by atoms with Crippen molar-refractivity contribution in [2.75, 3.05) is 28.4 Å². The highest BCUT2D eigenvalue weighted by molar-refractivity contribution is 7.76. The van der Waals surface area contributed by atoms with Crippen molar-refractivity contribution in [2.45, 2.75) is 0 Å². The Morgan fingerprint density at radius 3 is 1.43 bits per heavy atom. The van der Waals surface area contributed by atoms with Crippen LogP contribution in [0, 0.1) is 3.14 Å². The third-order valence-electron chi connectivity index (χ3n) is 4.30. The van der Waals surface area contributed by atoms with Crippen molar-refractivity contribution >= 4 is 46.5 Å². The molecule has 3 rings (SSSR count). The average Bonchev–Trinajstić information content (AvgIpc) is 3.18. The molecular formula is C21H18O6S3. The zero-order chi connectivity index (χ0) is 21.8. The Labute approximate surface area is 186 Å². The van der Waals surface area contributed by atoms with E-state index in [1.165, 1.54) is 28.4 Å². The minimum atomic E-state index is -0.345. The molecule has 0 atom stereocenters. The lowest BCUT2D eigenvalue weighted by Gasteiger charge is -2.11. The highest BCUT2D eigenvalue weighted by atomic mass is 32.2. The predicted octanol–water partition coefficient (Wildman–Crippen LogP) is 5.04. The van der Waals surface area contributed by atoms with E-state index in [1.54, 1.807) is 36.4 Å². The maximum atomic E-state index is 13.3. The molecule has 0 aliphatic rings. The second-order valence-electron chi connectivity index (χ2n) is 5.90. The summed E-state index contributed by atoms with van der Waals surface area (Å²) in [4.78, 5) is 27.1. The molecule has 0 amide bonds. The van der Waals surface area contributed by atoms with Crippen LogP contribution in [-0.4, -0.2) is 40.0 Å². The maximum Gasteiger partial charge on any atom is 0.208 e. The molecule has 1 heterocycles. The normalized spacial score (nSPS) is 10.4. The highest BCUT2D eigenvalue weighted by Gasteiger charge is 2.27. The number of ketones is 2. The molecule has 0 saturated heterocycles. The van der Waals surface area contributed by atoms with Crippen molar-refractivity contribution in [3.8, 4) is 23.0 Å². The molecule has 0 spiro atoms. The van der Waals surface area contributed by atoms with Crippen LogP contribution in [-0.2, 0) is 0 Å². The zero-order valence-electron chi connectivity index (χ0n) is 16.6. The molecule has 0 N–H and O–H groups in total. The number of rotatable bonds is 8. The first-order valence-corrected chi connectivity index (χ1v) is 10.6. The molecule has 0 aliphatic heterocycles. The fraction of sp³-hybridized carbons (Fsp3) is 0.190. The maximum absolute atomic E-state index is 13.3. The molecule has 0 bridgehead atoms. The minimum absolute atomic E-state index is 0.260. The van der Waals surface area contributed by atoms with E-state index >= 15 is 0 Å². The molecule has 0 aliphatic carbocycles. The van der Waals surface area contributed by atoms with Gasteiger partial charge >= 0.3 is 0 Å². The summed E-state index contributed by atoms with van der Waals surface area (Å²) in [5, 5.41) is 0. The molecule has 3 aromatic rings. The molecule has 0 fully saturated rings. The lowest BCUT2D eigenvalue weighted by atomic mass is 10.0. The third kappa shape index (κ3) is 4.23. The summed E-state index contributed by atoms with van der Waals surface area (Å²) in [7, 11) is 5.99. The van der Waals surface area contributed by atoms with Gasteiger partial charge in [0.25, 0.3) is 0 Å². The summed E-state index contributed by atoms with van der Waals surface area (Å²) < 4.78 is 21.5. The van der Waals surface area contributed by atoms with Crippen LogP contribution < -0.4 is 18.9 Å². The van der Waals surface area contributed by atoms with Gasteiger partial charge < -0.3 is 18.9 Å². The first-order valence-electron chi connectivity index (χ1n) is 8.60. The number of ether oxygens (including phenoxy) is 4. The van der Waals surface area contributed by atoms with Gasteiger partial charge in [-0.1, -0.05) is 12.2 Å². The number of hydrogen-bond acceptors (Lipinski definition) is 9. The SMILES string of the molecule is COc1ccc(C(=O)c2sc(=S)sc2C(=O)c2ccc(OC)cc2OC)c(OC)c1. The van der Waals surface area contributed by atoms with Gasteiger partial charge in [0, 0.05) is 12.1 Å². The number of benzene rings is 2. The largest absolute Gasteiger partial charge is 0.497 e. The van der Waals surface area contributed by atoms with Crippen molar-refractivity contribution < 1.29 is 28.5 Å². The van der Waals surface area contributed by atoms with Gasteiger partial charge in [0.2, 0.25) is 11.6 Å². The molecule has 1 aromatic heterocycles. The van der Waals surface area contributed by atoms with E-state index in [1.807, 2.05) is 0 Å². The van der Waals surface area contributed by atoms with E-state index in [2.05, 4.69) is 0 Å². The number of hydrogen-bond donors (Lipinski definition) is 0. The van der Waals surface area contributed by atoms with Crippen LogP contribution in [0.2, 0.25) is 0 Å². The zero-order valence-corrected chi connectivity index (χ0v) is 19.1. The van der Waals surface area contributed by atoms with E-state index in [4.69, 9.17) is 31.2 Å². The molecular weight excluding hydrogens is 444 g/mol. The predicted molar refractivity (Wildman–Crippen MR) is 119 cm³/mol. The molecule has 30 heavy (non-hydrogen) atoms. The molecule has 0 saturated carbocycles. The Bertz CT molecular complexity index is 1070. The van der Waals surface area contributed by atoms with Crippen LogP contribution in [0.25, 0.3) is 0 Å². The monoisotopic (exact) mass is 462 g/mol. The van der Waals surface area contributed by atoms with Crippen LogP contribution in [0.5, 0.6) is 23.0 Å². The summed E-state index contributed by atoms with van der Waals surface area (Å²) in [5.41, 5.74) is 0.635. The summed E-state index contributed by atoms with van der Waals surface area (Å²) in [6.45, 7) is 0. The van der Waals surface area contributed by atoms with Crippen molar-refractivity contribution in [1.82, 2.24) is 0 Å². The molecule has 9 heteroatoms. The average molecular weight is 463 g/mol. The van der Waals surface area contributed by atoms with Crippen LogP contribution in [0.4, 0.5) is 0 Å². The first kappa shape index (κ1) is 21.9. The molecule has 0 unspecified atom stereocenters. The van der Waals surface area contributed by atoms with Gasteiger partial charge in [-0.3, -0.25) is 9.59 Å². The summed E-state index contributed by atoms with van der Waals surface area (Å²) in [6, 6.07) is 9.77. The highest BCUT2D eigenvalue weighted by Crippen LogP contribution is 2.35. The second-order valence-corrected chi connectivity index (χ2v) is 9.13. The van der Waals surface area contributed by atoms with Crippen LogP contribution in [0.15, 0.2) is 36.4 Å². The van der Waals surface area contributed by atoms with Gasteiger partial charge in [0.1, 0.15) is 26.1 Å². The fourth-order valence-electron chi connectivity index (χ4n) is 2.80. The lowest BCUT2D eigenvalue weighted by Crippen LogP contribution is -2.09. The van der Waals surface area contributed by atoms with E-state index in [0.29, 0.717) is 37.3 Å². The Morgan fingerprint density at radius 1 is 0.700 bits per heavy atom. The fourth-order valence-corrected chi connectivity index (χ4v) is 5.32. The van der Waals surface area contributed by atoms with E-state index < -0.39 is 0 Å². The van der Waals surface area contributed by atoms with Crippen LogP contribution >= 0.6 is 34.9 Å². The first-order chi connectivity index (χ1) is 14.4. The van der Waals surface area contributed by atoms with Gasteiger partial charge in [0.15, 0.2) is 0 Å². The number of carbonyl (C=O) groups excluding carboxylic acids is 2. The van der Waals surface area contributed by atoms with Crippen LogP contribution in [0.1, 0.15) is 30.5 Å². The lowest BCUT2D eigenvalue weighted by molar-refractivity contribution is 0.101. The number of carbonyl (C=O) groups is 2. The van der Waals surface area contributed by atoms with E-state index in [9.17, 15) is 9.59 Å². The summed E-state index contributed by atoms with van der Waals surface area (Å²) in [5.74, 6) is 1.12. The van der Waals surface area contributed by atoms with Gasteiger partial charge in [-0.2, -0.15) is 0 Å². The number of methoxy groups -OCH3 is 4. The van der Waals surface area contributed by atoms with Gasteiger partial charge in [-0.05, 0) is 24.3 Å². The van der Waals surface area contributed by atoms with E-state index in [-0.39, 0.29) is 21.3 Å². The second kappa shape index (κ2) is 9.38. The van der Waals surface area contributed by atoms with Crippen molar-refractivity contribution in [3.05, 3.63) is 60.4 Å². The minimum Gasteiger partial charge on any atom is -0.497 e. The Kier molecular flexibility index (Phi) is 6.86. The van der Waals surface area contributed by atoms with Gasteiger partial charge in [-0.25, -0.2) is 0 Å². The van der Waals surface area contributed by atoms with Gasteiger partial charge in [-0.15, -0.1) is 22.7 Å². The Balaban J connectivity index is 2.08.